The molecule has 2 N–H and O–H groups in total. The van der Waals surface area contributed by atoms with Crippen LogP contribution in [0.1, 0.15) is 33.6 Å². The van der Waals surface area contributed by atoms with Gasteiger partial charge in [-0.25, -0.2) is 4.79 Å². The van der Waals surface area contributed by atoms with Crippen molar-refractivity contribution < 1.29 is 4.74 Å². The average molecular weight is 380 g/mol. The van der Waals surface area contributed by atoms with Crippen LogP contribution in [0.4, 0.5) is 0 Å². The quantitative estimate of drug-likeness (QED) is 0.539. The summed E-state index contributed by atoms with van der Waals surface area (Å²) in [6, 6.07) is 5.41. The lowest BCUT2D eigenvalue weighted by Crippen LogP contribution is -2.33. The number of aromatic nitrogens is 3. The van der Waals surface area contributed by atoms with E-state index < -0.39 is 11.2 Å². The smallest absolute Gasteiger partial charge is 0.350 e. The van der Waals surface area contributed by atoms with Gasteiger partial charge in [0.2, 0.25) is 0 Å². The monoisotopic (exact) mass is 380 g/mol. The minimum absolute atomic E-state index is 0.206. The highest BCUT2D eigenvalue weighted by molar-refractivity contribution is 6.04. The van der Waals surface area contributed by atoms with Gasteiger partial charge in [0.05, 0.1) is 12.6 Å². The van der Waals surface area contributed by atoms with Crippen molar-refractivity contribution >= 4 is 28.2 Å². The first-order valence-electron chi connectivity index (χ1n) is 9.43. The van der Waals surface area contributed by atoms with Crippen LogP contribution in [0.5, 0.6) is 5.75 Å². The van der Waals surface area contributed by atoms with E-state index in [9.17, 15) is 9.59 Å². The zero-order valence-corrected chi connectivity index (χ0v) is 16.5. The standard InChI is InChI=1S/C21H24N4O3/c1-11-7-13(3)14(8-12(11)2)10-22-25-20(26)19-18(24-21(25)27)16-9-15(28-4)5-6-17(16)23-19/h5-6,9-10,13-14,23H,7-8H2,1-4H3,(H,24,27). The van der Waals surface area contributed by atoms with E-state index in [-0.39, 0.29) is 5.92 Å². The number of fused-ring (bicyclic) bond motifs is 3. The maximum atomic E-state index is 12.9. The summed E-state index contributed by atoms with van der Waals surface area (Å²) in [6.07, 6.45) is 3.66. The highest BCUT2D eigenvalue weighted by Gasteiger charge is 2.22. The Kier molecular flexibility index (Phi) is 4.45. The molecule has 2 aromatic heterocycles. The molecule has 2 heterocycles. The molecular weight excluding hydrogens is 356 g/mol. The van der Waals surface area contributed by atoms with Gasteiger partial charge in [0, 0.05) is 23.0 Å². The van der Waals surface area contributed by atoms with Gasteiger partial charge >= 0.3 is 11.2 Å². The lowest BCUT2D eigenvalue weighted by atomic mass is 9.78. The minimum Gasteiger partial charge on any atom is -0.497 e. The van der Waals surface area contributed by atoms with Crippen LogP contribution in [-0.2, 0) is 0 Å². The van der Waals surface area contributed by atoms with E-state index in [1.54, 1.807) is 25.5 Å². The molecule has 2 atom stereocenters. The van der Waals surface area contributed by atoms with Crippen molar-refractivity contribution in [3.63, 3.8) is 0 Å². The molecule has 1 aliphatic rings. The van der Waals surface area contributed by atoms with Gasteiger partial charge in [-0.15, -0.1) is 4.68 Å². The molecule has 0 radical (unpaired) electrons. The molecule has 7 nitrogen and oxygen atoms in total. The van der Waals surface area contributed by atoms with Crippen molar-refractivity contribution in [1.29, 1.82) is 0 Å². The van der Waals surface area contributed by atoms with Crippen molar-refractivity contribution in [3.05, 3.63) is 50.2 Å². The highest BCUT2D eigenvalue weighted by atomic mass is 16.5. The number of nitrogens with one attached hydrogen (secondary N) is 2. The molecule has 7 heteroatoms. The summed E-state index contributed by atoms with van der Waals surface area (Å²) in [5.41, 5.74) is 3.31. The van der Waals surface area contributed by atoms with Crippen LogP contribution in [0.15, 0.2) is 44.0 Å². The van der Waals surface area contributed by atoms with Crippen molar-refractivity contribution in [1.82, 2.24) is 14.6 Å². The molecule has 28 heavy (non-hydrogen) atoms. The number of ether oxygens (including phenoxy) is 1. The molecule has 4 rings (SSSR count). The Hall–Kier alpha value is -3.09. The molecule has 3 aromatic rings. The molecule has 1 aromatic carbocycles. The zero-order valence-electron chi connectivity index (χ0n) is 16.5. The molecule has 1 aliphatic carbocycles. The number of benzene rings is 1. The van der Waals surface area contributed by atoms with Crippen LogP contribution in [0.25, 0.3) is 21.9 Å². The third-order valence-electron chi connectivity index (χ3n) is 5.84. The second kappa shape index (κ2) is 6.82. The van der Waals surface area contributed by atoms with Crippen LogP contribution in [0.2, 0.25) is 0 Å². The molecule has 146 valence electrons. The van der Waals surface area contributed by atoms with Crippen LogP contribution in [0.3, 0.4) is 0 Å². The van der Waals surface area contributed by atoms with E-state index >= 15 is 0 Å². The van der Waals surface area contributed by atoms with Crippen molar-refractivity contribution in [2.75, 3.05) is 7.11 Å². The first-order valence-corrected chi connectivity index (χ1v) is 9.43. The number of H-pyrrole nitrogens is 2. The molecule has 2 unspecified atom stereocenters. The summed E-state index contributed by atoms with van der Waals surface area (Å²) in [5.74, 6) is 1.28. The van der Waals surface area contributed by atoms with Crippen LogP contribution < -0.4 is 16.0 Å². The maximum absolute atomic E-state index is 12.9. The van der Waals surface area contributed by atoms with E-state index in [0.29, 0.717) is 22.7 Å². The summed E-state index contributed by atoms with van der Waals surface area (Å²) >= 11 is 0. The average Bonchev–Trinajstić information content (AvgIpc) is 3.03. The minimum atomic E-state index is -0.552. The summed E-state index contributed by atoms with van der Waals surface area (Å²) in [4.78, 5) is 31.3. The Bertz CT molecular complexity index is 1240. The van der Waals surface area contributed by atoms with E-state index in [1.807, 2.05) is 6.07 Å². The number of rotatable bonds is 3. The van der Waals surface area contributed by atoms with Crippen LogP contribution in [-0.4, -0.2) is 28.0 Å². The summed E-state index contributed by atoms with van der Waals surface area (Å²) < 4.78 is 6.15. The van der Waals surface area contributed by atoms with Crippen LogP contribution in [0, 0.1) is 11.8 Å². The largest absolute Gasteiger partial charge is 0.497 e. The Balaban J connectivity index is 1.79. The highest BCUT2D eigenvalue weighted by Crippen LogP contribution is 2.32. The SMILES string of the molecule is COc1ccc2[nH]c3c(=O)n(N=CC4CC(C)=C(C)CC4C)c(=O)[nH]c3c2c1. The molecule has 0 aliphatic heterocycles. The van der Waals surface area contributed by atoms with Gasteiger partial charge < -0.3 is 14.7 Å². The Labute approximate surface area is 161 Å². The predicted molar refractivity (Wildman–Crippen MR) is 111 cm³/mol. The lowest BCUT2D eigenvalue weighted by Gasteiger charge is -2.27. The molecule has 0 amide bonds. The maximum Gasteiger partial charge on any atom is 0.350 e. The van der Waals surface area contributed by atoms with Crippen molar-refractivity contribution in [3.8, 4) is 5.75 Å². The predicted octanol–water partition coefficient (Wildman–Crippen LogP) is 3.40. The number of methoxy groups -OCH3 is 1. The number of aromatic amines is 2. The number of allylic oxidation sites excluding steroid dienone is 2. The first kappa shape index (κ1) is 18.3. The second-order valence-electron chi connectivity index (χ2n) is 7.71. The molecular formula is C21H24N4O3. The zero-order chi connectivity index (χ0) is 20.0. The van der Waals surface area contributed by atoms with Gasteiger partial charge in [0.1, 0.15) is 11.3 Å². The fraction of sp³-hybridized carbons (Fsp3) is 0.381. The Morgan fingerprint density at radius 2 is 1.89 bits per heavy atom. The third kappa shape index (κ3) is 2.96. The Morgan fingerprint density at radius 3 is 2.64 bits per heavy atom. The fourth-order valence-electron chi connectivity index (χ4n) is 3.94. The molecule has 0 spiro atoms. The van der Waals surface area contributed by atoms with Crippen molar-refractivity contribution in [2.45, 2.75) is 33.6 Å². The molecule has 0 fully saturated rings. The molecule has 0 saturated carbocycles. The van der Waals surface area contributed by atoms with Gasteiger partial charge in [-0.1, -0.05) is 18.1 Å². The topological polar surface area (TPSA) is 92.2 Å². The molecule has 0 bridgehead atoms. The van der Waals surface area contributed by atoms with Crippen LogP contribution >= 0.6 is 0 Å². The number of hydrogen-bond donors (Lipinski definition) is 2. The normalized spacial score (nSPS) is 20.6. The number of hydrogen-bond acceptors (Lipinski definition) is 4. The Morgan fingerprint density at radius 1 is 1.14 bits per heavy atom. The van der Waals surface area contributed by atoms with E-state index in [2.05, 4.69) is 35.8 Å². The fourth-order valence-corrected chi connectivity index (χ4v) is 3.94. The first-order chi connectivity index (χ1) is 13.4. The number of nitrogens with zero attached hydrogens (tertiary/aromatic N) is 2. The molecule has 0 saturated heterocycles. The van der Waals surface area contributed by atoms with E-state index in [0.717, 1.165) is 28.4 Å². The third-order valence-corrected chi connectivity index (χ3v) is 5.84. The van der Waals surface area contributed by atoms with Gasteiger partial charge in [0.15, 0.2) is 0 Å². The summed E-state index contributed by atoms with van der Waals surface area (Å²) in [5, 5.41) is 4.99. The van der Waals surface area contributed by atoms with Crippen molar-refractivity contribution in [2.24, 2.45) is 16.9 Å². The van der Waals surface area contributed by atoms with Gasteiger partial charge in [0.25, 0.3) is 0 Å². The van der Waals surface area contributed by atoms with E-state index in [1.165, 1.54) is 11.1 Å². The van der Waals surface area contributed by atoms with Gasteiger partial charge in [-0.05, 0) is 50.8 Å². The van der Waals surface area contributed by atoms with Gasteiger partial charge in [-0.3, -0.25) is 4.79 Å². The second-order valence-corrected chi connectivity index (χ2v) is 7.71. The lowest BCUT2D eigenvalue weighted by molar-refractivity contribution is 0.415. The van der Waals surface area contributed by atoms with E-state index in [4.69, 9.17) is 4.74 Å². The summed E-state index contributed by atoms with van der Waals surface area (Å²) in [6.45, 7) is 6.47. The summed E-state index contributed by atoms with van der Waals surface area (Å²) in [7, 11) is 1.57. The van der Waals surface area contributed by atoms with Gasteiger partial charge in [-0.2, -0.15) is 5.10 Å².